The van der Waals surface area contributed by atoms with Gasteiger partial charge in [-0.05, 0) is 24.1 Å². The van der Waals surface area contributed by atoms with E-state index in [4.69, 9.17) is 0 Å². The molecule has 2 aliphatic rings. The number of rotatable bonds is 3. The fraction of sp³-hybridized carbons (Fsp3) is 0.556. The molecule has 5 nitrogen and oxygen atoms in total. The molecule has 0 saturated carbocycles. The number of carbonyl (C=O) groups is 2. The summed E-state index contributed by atoms with van der Waals surface area (Å²) < 4.78 is 13.4. The number of nitrogens with one attached hydrogen (secondary N) is 1. The van der Waals surface area contributed by atoms with Gasteiger partial charge in [-0.1, -0.05) is 19.1 Å². The summed E-state index contributed by atoms with van der Waals surface area (Å²) in [6.07, 6.45) is 1.68. The van der Waals surface area contributed by atoms with E-state index in [0.717, 1.165) is 12.0 Å². The molecule has 3 rings (SSSR count). The molecular weight excluding hydrogens is 309 g/mol. The molecule has 0 radical (unpaired) electrons. The van der Waals surface area contributed by atoms with E-state index >= 15 is 0 Å². The third kappa shape index (κ3) is 3.75. The second kappa shape index (κ2) is 6.89. The molecule has 2 fully saturated rings. The first-order valence-electron chi connectivity index (χ1n) is 8.55. The Morgan fingerprint density at radius 2 is 2.17 bits per heavy atom. The van der Waals surface area contributed by atoms with Crippen LogP contribution in [0.15, 0.2) is 24.3 Å². The van der Waals surface area contributed by atoms with Crippen LogP contribution in [0.25, 0.3) is 0 Å². The fourth-order valence-electron chi connectivity index (χ4n) is 3.73. The van der Waals surface area contributed by atoms with Crippen LogP contribution in [0.1, 0.15) is 31.7 Å². The first-order valence-corrected chi connectivity index (χ1v) is 8.55. The van der Waals surface area contributed by atoms with Crippen LogP contribution in [0.2, 0.25) is 0 Å². The maximum absolute atomic E-state index is 13.4. The van der Waals surface area contributed by atoms with Crippen LogP contribution in [-0.2, 0) is 16.1 Å². The van der Waals surface area contributed by atoms with Crippen LogP contribution < -0.4 is 5.32 Å². The lowest BCUT2D eigenvalue weighted by atomic mass is 9.98. The van der Waals surface area contributed by atoms with Gasteiger partial charge in [-0.15, -0.1) is 0 Å². The lowest BCUT2D eigenvalue weighted by Crippen LogP contribution is -2.55. The minimum Gasteiger partial charge on any atom is -0.347 e. The van der Waals surface area contributed by atoms with Gasteiger partial charge in [0.05, 0.1) is 5.54 Å². The number of hydrogen-bond donors (Lipinski definition) is 1. The second-order valence-corrected chi connectivity index (χ2v) is 6.84. The Morgan fingerprint density at radius 3 is 2.92 bits per heavy atom. The van der Waals surface area contributed by atoms with E-state index in [-0.39, 0.29) is 23.2 Å². The molecule has 1 N–H and O–H groups in total. The van der Waals surface area contributed by atoms with Crippen molar-refractivity contribution in [1.82, 2.24) is 15.1 Å². The number of likely N-dealkylation sites (tertiary alicyclic amines) is 1. The van der Waals surface area contributed by atoms with Crippen molar-refractivity contribution in [2.45, 2.75) is 38.3 Å². The third-order valence-corrected chi connectivity index (χ3v) is 4.89. The number of nitrogens with zero attached hydrogens (tertiary/aromatic N) is 2. The molecular formula is C18H24FN3O2. The average Bonchev–Trinajstić information content (AvgIpc) is 2.88. The van der Waals surface area contributed by atoms with E-state index in [1.54, 1.807) is 6.07 Å². The van der Waals surface area contributed by atoms with E-state index < -0.39 is 0 Å². The molecule has 1 aromatic rings. The highest BCUT2D eigenvalue weighted by atomic mass is 19.1. The minimum absolute atomic E-state index is 0.0301. The van der Waals surface area contributed by atoms with Crippen LogP contribution >= 0.6 is 0 Å². The molecule has 0 aliphatic carbocycles. The topological polar surface area (TPSA) is 52.7 Å². The average molecular weight is 333 g/mol. The van der Waals surface area contributed by atoms with Gasteiger partial charge in [0.15, 0.2) is 0 Å². The largest absolute Gasteiger partial charge is 0.347 e. The van der Waals surface area contributed by atoms with Crippen molar-refractivity contribution in [2.75, 3.05) is 26.2 Å². The molecule has 1 unspecified atom stereocenters. The standard InChI is InChI=1S/C18H24FN3O2/c1-2-17(24)22-9-7-18(13-22)12-21(8-6-16(23)20-18)11-14-4-3-5-15(19)10-14/h3-5,10H,2,6-9,11-13H2,1H3,(H,20,23). The molecule has 6 heteroatoms. The Kier molecular flexibility index (Phi) is 4.85. The number of carbonyl (C=O) groups excluding carboxylic acids is 2. The first-order chi connectivity index (χ1) is 11.5. The molecule has 0 aromatic heterocycles. The number of hydrogen-bond acceptors (Lipinski definition) is 3. The summed E-state index contributed by atoms with van der Waals surface area (Å²) in [5, 5.41) is 3.14. The monoisotopic (exact) mass is 333 g/mol. The highest BCUT2D eigenvalue weighted by Gasteiger charge is 2.43. The Morgan fingerprint density at radius 1 is 1.33 bits per heavy atom. The summed E-state index contributed by atoms with van der Waals surface area (Å²) in [7, 11) is 0. The zero-order valence-electron chi connectivity index (χ0n) is 14.1. The van der Waals surface area contributed by atoms with E-state index in [1.165, 1.54) is 12.1 Å². The summed E-state index contributed by atoms with van der Waals surface area (Å²) in [4.78, 5) is 28.1. The lowest BCUT2D eigenvalue weighted by Gasteiger charge is -2.33. The fourth-order valence-corrected chi connectivity index (χ4v) is 3.73. The predicted octanol–water partition coefficient (Wildman–Crippen LogP) is 1.53. The van der Waals surface area contributed by atoms with Gasteiger partial charge in [0.2, 0.25) is 11.8 Å². The zero-order valence-corrected chi connectivity index (χ0v) is 14.1. The van der Waals surface area contributed by atoms with E-state index in [2.05, 4.69) is 10.2 Å². The molecule has 2 amide bonds. The Labute approximate surface area is 141 Å². The summed E-state index contributed by atoms with van der Waals surface area (Å²) >= 11 is 0. The van der Waals surface area contributed by atoms with Gasteiger partial charge in [0.1, 0.15) is 5.82 Å². The Balaban J connectivity index is 1.73. The summed E-state index contributed by atoms with van der Waals surface area (Å²) in [6, 6.07) is 6.58. The van der Waals surface area contributed by atoms with Crippen LogP contribution in [0.3, 0.4) is 0 Å². The van der Waals surface area contributed by atoms with Gasteiger partial charge < -0.3 is 10.2 Å². The van der Waals surface area contributed by atoms with Gasteiger partial charge in [0, 0.05) is 45.6 Å². The molecule has 1 spiro atoms. The van der Waals surface area contributed by atoms with Crippen LogP contribution in [0.5, 0.6) is 0 Å². The second-order valence-electron chi connectivity index (χ2n) is 6.84. The van der Waals surface area contributed by atoms with Crippen molar-refractivity contribution >= 4 is 11.8 Å². The minimum atomic E-state index is -0.383. The Bertz CT molecular complexity index is 636. The summed E-state index contributed by atoms with van der Waals surface area (Å²) in [6.45, 7) is 5.03. The van der Waals surface area contributed by atoms with Crippen molar-refractivity contribution in [1.29, 1.82) is 0 Å². The summed E-state index contributed by atoms with van der Waals surface area (Å²) in [5.41, 5.74) is 0.519. The van der Waals surface area contributed by atoms with Crippen molar-refractivity contribution in [3.63, 3.8) is 0 Å². The van der Waals surface area contributed by atoms with Crippen molar-refractivity contribution < 1.29 is 14.0 Å². The highest BCUT2D eigenvalue weighted by Crippen LogP contribution is 2.26. The number of halogens is 1. The maximum Gasteiger partial charge on any atom is 0.222 e. The van der Waals surface area contributed by atoms with Crippen molar-refractivity contribution in [3.05, 3.63) is 35.6 Å². The van der Waals surface area contributed by atoms with E-state index in [0.29, 0.717) is 45.6 Å². The van der Waals surface area contributed by atoms with Crippen LogP contribution in [0.4, 0.5) is 4.39 Å². The van der Waals surface area contributed by atoms with Crippen LogP contribution in [-0.4, -0.2) is 53.3 Å². The molecule has 24 heavy (non-hydrogen) atoms. The SMILES string of the molecule is CCC(=O)N1CCC2(CN(Cc3cccc(F)c3)CCC(=O)N2)C1. The van der Waals surface area contributed by atoms with Crippen LogP contribution in [0, 0.1) is 5.82 Å². The van der Waals surface area contributed by atoms with Gasteiger partial charge in [0.25, 0.3) is 0 Å². The third-order valence-electron chi connectivity index (χ3n) is 4.89. The molecule has 0 bridgehead atoms. The number of amides is 2. The smallest absolute Gasteiger partial charge is 0.222 e. The lowest BCUT2D eigenvalue weighted by molar-refractivity contribution is -0.130. The van der Waals surface area contributed by atoms with Gasteiger partial charge in [-0.3, -0.25) is 14.5 Å². The Hall–Kier alpha value is -1.95. The van der Waals surface area contributed by atoms with Crippen molar-refractivity contribution in [3.8, 4) is 0 Å². The van der Waals surface area contributed by atoms with Gasteiger partial charge >= 0.3 is 0 Å². The maximum atomic E-state index is 13.4. The van der Waals surface area contributed by atoms with E-state index in [9.17, 15) is 14.0 Å². The molecule has 2 heterocycles. The highest BCUT2D eigenvalue weighted by molar-refractivity contribution is 5.79. The molecule has 1 aromatic carbocycles. The number of benzene rings is 1. The van der Waals surface area contributed by atoms with Gasteiger partial charge in [-0.2, -0.15) is 0 Å². The normalized spacial score (nSPS) is 24.9. The van der Waals surface area contributed by atoms with Crippen molar-refractivity contribution in [2.24, 2.45) is 0 Å². The molecule has 2 aliphatic heterocycles. The van der Waals surface area contributed by atoms with Gasteiger partial charge in [-0.25, -0.2) is 4.39 Å². The summed E-state index contributed by atoms with van der Waals surface area (Å²) in [5.74, 6) is -0.0867. The molecule has 130 valence electrons. The molecule has 2 saturated heterocycles. The quantitative estimate of drug-likeness (QED) is 0.913. The molecule has 1 atom stereocenters. The predicted molar refractivity (Wildman–Crippen MR) is 88.7 cm³/mol. The first kappa shape index (κ1) is 16.9. The van der Waals surface area contributed by atoms with E-state index in [1.807, 2.05) is 17.9 Å². The zero-order chi connectivity index (χ0) is 17.2.